The first kappa shape index (κ1) is 23.0. The minimum absolute atomic E-state index is 0. The van der Waals surface area contributed by atoms with E-state index < -0.39 is 0 Å². The van der Waals surface area contributed by atoms with Gasteiger partial charge in [0.15, 0.2) is 5.96 Å². The number of carbonyl (C=O) groups excluding carboxylic acids is 1. The summed E-state index contributed by atoms with van der Waals surface area (Å²) in [5.74, 6) is 3.50. The van der Waals surface area contributed by atoms with Crippen LogP contribution in [0.4, 0.5) is 0 Å². The summed E-state index contributed by atoms with van der Waals surface area (Å²) in [6, 6.07) is 0. The van der Waals surface area contributed by atoms with Gasteiger partial charge >= 0.3 is 0 Å². The highest BCUT2D eigenvalue weighted by atomic mass is 127. The number of piperazine rings is 1. The molecule has 156 valence electrons. The number of guanidine groups is 1. The standard InChI is InChI=1S/C18H33N5O2S.HI/c1-19-17(20-13-18(21(2)3)6-12-26-14-18)23-9-7-22(8-10-23)16(24)15-5-4-11-25-15;/h15H,4-14H2,1-3H3,(H,19,20);1H. The summed E-state index contributed by atoms with van der Waals surface area (Å²) in [7, 11) is 6.19. The number of hydrogen-bond acceptors (Lipinski definition) is 5. The predicted molar refractivity (Wildman–Crippen MR) is 122 cm³/mol. The molecule has 2 atom stereocenters. The number of nitrogens with one attached hydrogen (secondary N) is 1. The van der Waals surface area contributed by atoms with Crippen molar-refractivity contribution < 1.29 is 9.53 Å². The van der Waals surface area contributed by atoms with Crippen molar-refractivity contribution in [3.8, 4) is 0 Å². The lowest BCUT2D eigenvalue weighted by molar-refractivity contribution is -0.142. The lowest BCUT2D eigenvalue weighted by Gasteiger charge is -2.40. The van der Waals surface area contributed by atoms with Crippen LogP contribution in [0.3, 0.4) is 0 Å². The second-order valence-corrected chi connectivity index (χ2v) is 8.74. The summed E-state index contributed by atoms with van der Waals surface area (Å²) >= 11 is 2.03. The Morgan fingerprint density at radius 1 is 1.30 bits per heavy atom. The molecule has 0 aromatic rings. The number of aliphatic imine (C=N–C) groups is 1. The van der Waals surface area contributed by atoms with Crippen molar-refractivity contribution in [2.45, 2.75) is 30.9 Å². The number of carbonyl (C=O) groups is 1. The van der Waals surface area contributed by atoms with E-state index in [-0.39, 0.29) is 41.5 Å². The van der Waals surface area contributed by atoms with E-state index in [2.05, 4.69) is 34.2 Å². The highest BCUT2D eigenvalue weighted by molar-refractivity contribution is 14.0. The first-order valence-corrected chi connectivity index (χ1v) is 10.8. The average Bonchev–Trinajstić information content (AvgIpc) is 3.35. The van der Waals surface area contributed by atoms with Crippen LogP contribution < -0.4 is 5.32 Å². The van der Waals surface area contributed by atoms with Crippen molar-refractivity contribution in [1.29, 1.82) is 0 Å². The van der Waals surface area contributed by atoms with Crippen LogP contribution in [0.15, 0.2) is 4.99 Å². The fourth-order valence-electron chi connectivity index (χ4n) is 3.94. The Morgan fingerprint density at radius 2 is 2.00 bits per heavy atom. The number of thioether (sulfide) groups is 1. The third-order valence-electron chi connectivity index (χ3n) is 5.91. The van der Waals surface area contributed by atoms with E-state index in [0.29, 0.717) is 0 Å². The molecule has 3 heterocycles. The Morgan fingerprint density at radius 3 is 2.52 bits per heavy atom. The van der Waals surface area contributed by atoms with Gasteiger partial charge in [-0.05, 0) is 39.1 Å². The Labute approximate surface area is 184 Å². The summed E-state index contributed by atoms with van der Waals surface area (Å²) in [5, 5.41) is 3.60. The van der Waals surface area contributed by atoms with Crippen LogP contribution in [0.25, 0.3) is 0 Å². The van der Waals surface area contributed by atoms with Gasteiger partial charge in [-0.1, -0.05) is 0 Å². The number of likely N-dealkylation sites (N-methyl/N-ethyl adjacent to an activating group) is 1. The molecule has 0 spiro atoms. The smallest absolute Gasteiger partial charge is 0.251 e. The van der Waals surface area contributed by atoms with Crippen molar-refractivity contribution >= 4 is 47.6 Å². The van der Waals surface area contributed by atoms with Crippen molar-refractivity contribution in [3.05, 3.63) is 0 Å². The summed E-state index contributed by atoms with van der Waals surface area (Å²) in [6.07, 6.45) is 2.86. The van der Waals surface area contributed by atoms with Crippen LogP contribution >= 0.6 is 35.7 Å². The van der Waals surface area contributed by atoms with Crippen LogP contribution in [0.2, 0.25) is 0 Å². The minimum Gasteiger partial charge on any atom is -0.368 e. The zero-order valence-corrected chi connectivity index (χ0v) is 19.9. The zero-order valence-electron chi connectivity index (χ0n) is 16.8. The normalized spacial score (nSPS) is 29.2. The maximum absolute atomic E-state index is 12.5. The summed E-state index contributed by atoms with van der Waals surface area (Å²) in [6.45, 7) is 4.76. The molecule has 2 unspecified atom stereocenters. The quantitative estimate of drug-likeness (QED) is 0.345. The monoisotopic (exact) mass is 511 g/mol. The van der Waals surface area contributed by atoms with Gasteiger partial charge in [0.1, 0.15) is 6.10 Å². The zero-order chi connectivity index (χ0) is 18.6. The maximum Gasteiger partial charge on any atom is 0.251 e. The molecule has 7 nitrogen and oxygen atoms in total. The van der Waals surface area contributed by atoms with E-state index in [0.717, 1.165) is 63.9 Å². The summed E-state index contributed by atoms with van der Waals surface area (Å²) < 4.78 is 5.54. The molecule has 3 aliphatic rings. The second-order valence-electron chi connectivity index (χ2n) is 7.64. The molecule has 0 aromatic carbocycles. The number of ether oxygens (including phenoxy) is 1. The van der Waals surface area contributed by atoms with E-state index in [1.165, 1.54) is 12.2 Å². The van der Waals surface area contributed by atoms with Gasteiger partial charge in [-0.15, -0.1) is 24.0 Å². The van der Waals surface area contributed by atoms with Crippen molar-refractivity contribution in [2.24, 2.45) is 4.99 Å². The fraction of sp³-hybridized carbons (Fsp3) is 0.889. The van der Waals surface area contributed by atoms with Gasteiger partial charge in [-0.2, -0.15) is 11.8 Å². The van der Waals surface area contributed by atoms with Gasteiger partial charge in [-0.3, -0.25) is 9.79 Å². The van der Waals surface area contributed by atoms with E-state index in [1.807, 2.05) is 23.7 Å². The van der Waals surface area contributed by atoms with Gasteiger partial charge in [-0.25, -0.2) is 0 Å². The Hall–Kier alpha value is -0.260. The van der Waals surface area contributed by atoms with Crippen LogP contribution in [0.5, 0.6) is 0 Å². The van der Waals surface area contributed by atoms with Gasteiger partial charge in [0, 0.05) is 57.7 Å². The number of rotatable bonds is 4. The number of halogens is 1. The first-order valence-electron chi connectivity index (χ1n) is 9.67. The molecule has 0 aromatic heterocycles. The highest BCUT2D eigenvalue weighted by Gasteiger charge is 2.37. The van der Waals surface area contributed by atoms with Crippen molar-refractivity contribution in [2.75, 3.05) is 72.0 Å². The molecule has 0 saturated carbocycles. The Balaban J connectivity index is 0.00000261. The van der Waals surface area contributed by atoms with E-state index in [9.17, 15) is 4.79 Å². The largest absolute Gasteiger partial charge is 0.368 e. The predicted octanol–water partition coefficient (Wildman–Crippen LogP) is 0.940. The molecule has 9 heteroatoms. The lowest BCUT2D eigenvalue weighted by Crippen LogP contribution is -2.58. The highest BCUT2D eigenvalue weighted by Crippen LogP contribution is 2.31. The maximum atomic E-state index is 12.5. The van der Waals surface area contributed by atoms with Crippen LogP contribution in [0.1, 0.15) is 19.3 Å². The van der Waals surface area contributed by atoms with E-state index in [4.69, 9.17) is 4.74 Å². The Kier molecular flexibility index (Phi) is 8.95. The van der Waals surface area contributed by atoms with Gasteiger partial charge in [0.05, 0.1) is 0 Å². The number of nitrogens with zero attached hydrogens (tertiary/aromatic N) is 4. The average molecular weight is 511 g/mol. The summed E-state index contributed by atoms with van der Waals surface area (Å²) in [5.41, 5.74) is 0.207. The fourth-order valence-corrected chi connectivity index (χ4v) is 5.49. The first-order chi connectivity index (χ1) is 12.6. The molecular formula is C18H34IN5O2S. The summed E-state index contributed by atoms with van der Waals surface area (Å²) in [4.78, 5) is 23.6. The molecule has 1 N–H and O–H groups in total. The van der Waals surface area contributed by atoms with Crippen molar-refractivity contribution in [1.82, 2.24) is 20.0 Å². The molecule has 0 radical (unpaired) electrons. The van der Waals surface area contributed by atoms with Gasteiger partial charge in [0.25, 0.3) is 5.91 Å². The lowest BCUT2D eigenvalue weighted by atomic mass is 9.97. The molecule has 3 aliphatic heterocycles. The SMILES string of the molecule is CN=C(NCC1(N(C)C)CCSC1)N1CCN(C(=O)C2CCCO2)CC1.I. The van der Waals surface area contributed by atoms with E-state index >= 15 is 0 Å². The van der Waals surface area contributed by atoms with Crippen LogP contribution in [0, 0.1) is 0 Å². The second kappa shape index (κ2) is 10.5. The molecule has 3 saturated heterocycles. The molecule has 1 amide bonds. The molecule has 0 aliphatic carbocycles. The van der Waals surface area contributed by atoms with E-state index in [1.54, 1.807) is 0 Å². The van der Waals surface area contributed by atoms with Crippen molar-refractivity contribution in [3.63, 3.8) is 0 Å². The third kappa shape index (κ3) is 5.42. The van der Waals surface area contributed by atoms with Crippen LogP contribution in [-0.4, -0.2) is 110 Å². The topological polar surface area (TPSA) is 60.4 Å². The van der Waals surface area contributed by atoms with Gasteiger partial charge < -0.3 is 24.8 Å². The molecule has 3 rings (SSSR count). The molecule has 27 heavy (non-hydrogen) atoms. The minimum atomic E-state index is -0.209. The molecular weight excluding hydrogens is 477 g/mol. The molecule has 0 bridgehead atoms. The molecule has 3 fully saturated rings. The van der Waals surface area contributed by atoms with Crippen LogP contribution in [-0.2, 0) is 9.53 Å². The number of amides is 1. The Bertz CT molecular complexity index is 514. The van der Waals surface area contributed by atoms with Gasteiger partial charge in [0.2, 0.25) is 0 Å². The third-order valence-corrected chi connectivity index (χ3v) is 7.15. The number of hydrogen-bond donors (Lipinski definition) is 1.